The molecule has 0 aliphatic rings. The minimum atomic E-state index is 0. The average molecular weight is 279 g/mol. The van der Waals surface area contributed by atoms with Crippen molar-refractivity contribution in [1.29, 1.82) is 0 Å². The predicted molar refractivity (Wildman–Crippen MR) is 66.7 cm³/mol. The second-order valence-corrected chi connectivity index (χ2v) is 3.78. The molecular formula is C10H16BrO2P. The maximum Gasteiger partial charge on any atom is 0.215 e. The van der Waals surface area contributed by atoms with Crippen molar-refractivity contribution in [3.8, 4) is 5.75 Å². The normalized spacial score (nSPS) is 10.6. The summed E-state index contributed by atoms with van der Waals surface area (Å²) in [5.74, 6) is 0.874. The topological polar surface area (TPSA) is 18.5 Å². The van der Waals surface area contributed by atoms with Crippen molar-refractivity contribution in [2.24, 2.45) is 0 Å². The van der Waals surface area contributed by atoms with E-state index in [0.717, 1.165) is 5.75 Å². The molecule has 1 aromatic carbocycles. The van der Waals surface area contributed by atoms with Gasteiger partial charge in [0.05, 0.1) is 6.10 Å². The van der Waals surface area contributed by atoms with Gasteiger partial charge in [0.1, 0.15) is 5.75 Å². The van der Waals surface area contributed by atoms with E-state index in [1.807, 2.05) is 45.0 Å². The number of aryl methyl sites for hydroxylation is 1. The van der Waals surface area contributed by atoms with Crippen LogP contribution < -0.4 is 4.52 Å². The molecule has 0 aliphatic heterocycles. The Bertz CT molecular complexity index is 266. The first-order valence-corrected chi connectivity index (χ1v) is 5.14. The summed E-state index contributed by atoms with van der Waals surface area (Å²) in [6, 6.07) is 7.95. The molecule has 80 valence electrons. The van der Waals surface area contributed by atoms with Crippen molar-refractivity contribution in [2.75, 3.05) is 0 Å². The van der Waals surface area contributed by atoms with Crippen LogP contribution in [0.3, 0.4) is 0 Å². The van der Waals surface area contributed by atoms with Gasteiger partial charge in [0.15, 0.2) is 0 Å². The molecule has 0 spiro atoms. The molecule has 0 aromatic heterocycles. The molecule has 0 fully saturated rings. The third-order valence-corrected chi connectivity index (χ3v) is 2.32. The van der Waals surface area contributed by atoms with Gasteiger partial charge >= 0.3 is 0 Å². The van der Waals surface area contributed by atoms with E-state index in [1.54, 1.807) is 0 Å². The zero-order valence-electron chi connectivity index (χ0n) is 8.61. The summed E-state index contributed by atoms with van der Waals surface area (Å²) in [4.78, 5) is 0. The molecule has 14 heavy (non-hydrogen) atoms. The van der Waals surface area contributed by atoms with E-state index in [9.17, 15) is 0 Å². The maximum atomic E-state index is 5.40. The Balaban J connectivity index is 0.00000169. The van der Waals surface area contributed by atoms with E-state index in [0.29, 0.717) is 0 Å². The standard InChI is InChI=1S/C10H15O2P.BrH/c1-8(2)11-13-12-10-6-4-5-9(3)7-10;/h4-8,13H,1-3H3;1H. The van der Waals surface area contributed by atoms with Gasteiger partial charge in [-0.25, -0.2) is 0 Å². The molecule has 0 N–H and O–H groups in total. The van der Waals surface area contributed by atoms with Crippen molar-refractivity contribution < 1.29 is 9.05 Å². The van der Waals surface area contributed by atoms with Crippen molar-refractivity contribution >= 4 is 26.0 Å². The van der Waals surface area contributed by atoms with Crippen molar-refractivity contribution in [2.45, 2.75) is 26.9 Å². The van der Waals surface area contributed by atoms with E-state index >= 15 is 0 Å². The van der Waals surface area contributed by atoms with E-state index in [2.05, 4.69) is 0 Å². The largest absolute Gasteiger partial charge is 0.450 e. The number of halogens is 1. The van der Waals surface area contributed by atoms with E-state index in [-0.39, 0.29) is 32.1 Å². The number of hydrogen-bond acceptors (Lipinski definition) is 2. The fraction of sp³-hybridized carbons (Fsp3) is 0.400. The van der Waals surface area contributed by atoms with Crippen LogP contribution in [0.25, 0.3) is 0 Å². The summed E-state index contributed by atoms with van der Waals surface area (Å²) < 4.78 is 10.7. The average Bonchev–Trinajstić information content (AvgIpc) is 2.03. The fourth-order valence-electron chi connectivity index (χ4n) is 0.847. The monoisotopic (exact) mass is 278 g/mol. The van der Waals surface area contributed by atoms with Gasteiger partial charge in [-0.3, -0.25) is 0 Å². The summed E-state index contributed by atoms with van der Waals surface area (Å²) in [5, 5.41) is 0. The smallest absolute Gasteiger partial charge is 0.215 e. The molecule has 0 saturated carbocycles. The van der Waals surface area contributed by atoms with Crippen LogP contribution in [-0.2, 0) is 4.52 Å². The van der Waals surface area contributed by atoms with E-state index in [1.165, 1.54) is 5.56 Å². The second-order valence-electron chi connectivity index (χ2n) is 3.17. The highest BCUT2D eigenvalue weighted by Crippen LogP contribution is 2.23. The molecule has 1 atom stereocenters. The van der Waals surface area contributed by atoms with Crippen molar-refractivity contribution in [3.05, 3.63) is 29.8 Å². The van der Waals surface area contributed by atoms with Gasteiger partial charge < -0.3 is 9.05 Å². The Labute approximate surface area is 97.7 Å². The molecule has 0 heterocycles. The van der Waals surface area contributed by atoms with E-state index in [4.69, 9.17) is 9.05 Å². The lowest BCUT2D eigenvalue weighted by atomic mass is 10.2. The number of hydrogen-bond donors (Lipinski definition) is 0. The molecule has 1 aromatic rings. The number of rotatable bonds is 4. The highest BCUT2D eigenvalue weighted by molar-refractivity contribution is 8.93. The van der Waals surface area contributed by atoms with Crippen LogP contribution in [0.1, 0.15) is 19.4 Å². The Hall–Kier alpha value is -0.110. The van der Waals surface area contributed by atoms with Gasteiger partial charge in [-0.1, -0.05) is 12.1 Å². The summed E-state index contributed by atoms with van der Waals surface area (Å²) in [7, 11) is 0.0864. The molecule has 0 saturated heterocycles. The third kappa shape index (κ3) is 5.58. The van der Waals surface area contributed by atoms with Crippen molar-refractivity contribution in [1.82, 2.24) is 0 Å². The summed E-state index contributed by atoms with van der Waals surface area (Å²) in [5.41, 5.74) is 1.20. The Morgan fingerprint density at radius 2 is 2.00 bits per heavy atom. The van der Waals surface area contributed by atoms with Crippen LogP contribution in [0, 0.1) is 6.92 Å². The minimum absolute atomic E-state index is 0. The predicted octanol–water partition coefficient (Wildman–Crippen LogP) is 3.89. The highest BCUT2D eigenvalue weighted by Gasteiger charge is 1.96. The Morgan fingerprint density at radius 1 is 1.29 bits per heavy atom. The van der Waals surface area contributed by atoms with Gasteiger partial charge in [0, 0.05) is 0 Å². The minimum Gasteiger partial charge on any atom is -0.450 e. The Kier molecular flexibility index (Phi) is 7.16. The lowest BCUT2D eigenvalue weighted by Crippen LogP contribution is -1.94. The SMILES string of the molecule is Br.Cc1cccc(OPOC(C)C)c1. The molecular weight excluding hydrogens is 263 g/mol. The zero-order valence-corrected chi connectivity index (χ0v) is 11.3. The number of benzene rings is 1. The first-order chi connectivity index (χ1) is 6.18. The van der Waals surface area contributed by atoms with Crippen LogP contribution in [0.15, 0.2) is 24.3 Å². The van der Waals surface area contributed by atoms with Gasteiger partial charge in [-0.15, -0.1) is 17.0 Å². The van der Waals surface area contributed by atoms with Crippen LogP contribution in [0.2, 0.25) is 0 Å². The Morgan fingerprint density at radius 3 is 2.57 bits per heavy atom. The van der Waals surface area contributed by atoms with Gasteiger partial charge in [0.2, 0.25) is 9.03 Å². The molecule has 2 nitrogen and oxygen atoms in total. The third-order valence-electron chi connectivity index (χ3n) is 1.43. The van der Waals surface area contributed by atoms with E-state index < -0.39 is 0 Å². The summed E-state index contributed by atoms with van der Waals surface area (Å²) >= 11 is 0. The fourth-order valence-corrected chi connectivity index (χ4v) is 1.31. The van der Waals surface area contributed by atoms with Gasteiger partial charge in [0.25, 0.3) is 0 Å². The summed E-state index contributed by atoms with van der Waals surface area (Å²) in [6.07, 6.45) is 0.225. The van der Waals surface area contributed by atoms with Gasteiger partial charge in [-0.05, 0) is 38.5 Å². The molecule has 0 aliphatic carbocycles. The molecule has 4 heteroatoms. The molecule has 0 radical (unpaired) electrons. The highest BCUT2D eigenvalue weighted by atomic mass is 79.9. The second kappa shape index (κ2) is 7.22. The maximum absolute atomic E-state index is 5.40. The van der Waals surface area contributed by atoms with Gasteiger partial charge in [-0.2, -0.15) is 0 Å². The molecule has 1 unspecified atom stereocenters. The molecule has 0 amide bonds. The summed E-state index contributed by atoms with van der Waals surface area (Å²) in [6.45, 7) is 6.03. The lowest BCUT2D eigenvalue weighted by Gasteiger charge is -2.08. The van der Waals surface area contributed by atoms with Crippen LogP contribution >= 0.6 is 26.0 Å². The zero-order chi connectivity index (χ0) is 9.68. The lowest BCUT2D eigenvalue weighted by molar-refractivity contribution is 0.256. The van der Waals surface area contributed by atoms with Crippen LogP contribution in [0.5, 0.6) is 5.75 Å². The van der Waals surface area contributed by atoms with Crippen LogP contribution in [-0.4, -0.2) is 6.10 Å². The molecule has 0 bridgehead atoms. The first-order valence-electron chi connectivity index (χ1n) is 4.32. The van der Waals surface area contributed by atoms with Crippen molar-refractivity contribution in [3.63, 3.8) is 0 Å². The molecule has 1 rings (SSSR count). The van der Waals surface area contributed by atoms with Crippen LogP contribution in [0.4, 0.5) is 0 Å². The first kappa shape index (κ1) is 13.9. The quantitative estimate of drug-likeness (QED) is 0.778.